The van der Waals surface area contributed by atoms with E-state index in [1.807, 2.05) is 0 Å². The molecule has 2 unspecified atom stereocenters. The predicted octanol–water partition coefficient (Wildman–Crippen LogP) is 2.54. The number of amides is 1. The Morgan fingerprint density at radius 3 is 3.00 bits per heavy atom. The summed E-state index contributed by atoms with van der Waals surface area (Å²) in [6, 6.07) is 1.27. The zero-order valence-electron chi connectivity index (χ0n) is 12.1. The van der Waals surface area contributed by atoms with Gasteiger partial charge < -0.3 is 10.1 Å². The first-order chi connectivity index (χ1) is 10.1. The molecule has 0 radical (unpaired) electrons. The number of terminal acetylenes is 1. The molecule has 0 saturated heterocycles. The smallest absolute Gasteiger partial charge is 0.253 e. The summed E-state index contributed by atoms with van der Waals surface area (Å²) in [6.07, 6.45) is 10.7. The van der Waals surface area contributed by atoms with Gasteiger partial charge >= 0.3 is 0 Å². The van der Waals surface area contributed by atoms with Crippen LogP contribution in [0.4, 0.5) is 4.39 Å². The molecule has 1 amide bonds. The van der Waals surface area contributed by atoms with E-state index in [4.69, 9.17) is 11.2 Å². The molecule has 4 nitrogen and oxygen atoms in total. The van der Waals surface area contributed by atoms with Gasteiger partial charge in [0.25, 0.3) is 11.8 Å². The fourth-order valence-corrected chi connectivity index (χ4v) is 2.55. The Morgan fingerprint density at radius 1 is 1.57 bits per heavy atom. The van der Waals surface area contributed by atoms with Crippen molar-refractivity contribution in [1.29, 1.82) is 0 Å². The summed E-state index contributed by atoms with van der Waals surface area (Å²) < 4.78 is 18.7. The lowest BCUT2D eigenvalue weighted by Gasteiger charge is -2.29. The number of hydrogen-bond donors (Lipinski definition) is 1. The van der Waals surface area contributed by atoms with Crippen LogP contribution in [0.5, 0.6) is 5.88 Å². The van der Waals surface area contributed by atoms with Crippen LogP contribution in [0.15, 0.2) is 12.3 Å². The van der Waals surface area contributed by atoms with Crippen LogP contribution in [-0.4, -0.2) is 23.5 Å². The zero-order chi connectivity index (χ0) is 15.2. The molecule has 0 aromatic carbocycles. The molecule has 1 aromatic rings. The molecule has 1 aliphatic carbocycles. The summed E-state index contributed by atoms with van der Waals surface area (Å²) >= 11 is 0. The average molecular weight is 290 g/mol. The molecule has 2 atom stereocenters. The molecule has 0 spiro atoms. The van der Waals surface area contributed by atoms with Gasteiger partial charge in [-0.15, -0.1) is 6.42 Å². The number of hydrogen-bond acceptors (Lipinski definition) is 3. The topological polar surface area (TPSA) is 51.2 Å². The monoisotopic (exact) mass is 290 g/mol. The van der Waals surface area contributed by atoms with Crippen molar-refractivity contribution in [2.24, 2.45) is 5.92 Å². The van der Waals surface area contributed by atoms with Crippen molar-refractivity contribution >= 4 is 5.91 Å². The highest BCUT2D eigenvalue weighted by Crippen LogP contribution is 2.24. The van der Waals surface area contributed by atoms with Crippen LogP contribution in [0.1, 0.15) is 43.0 Å². The number of pyridine rings is 1. The van der Waals surface area contributed by atoms with Crippen LogP contribution in [0, 0.1) is 24.1 Å². The quantitative estimate of drug-likeness (QED) is 0.867. The van der Waals surface area contributed by atoms with E-state index in [9.17, 15) is 9.18 Å². The van der Waals surface area contributed by atoms with Gasteiger partial charge in [-0.3, -0.25) is 4.79 Å². The lowest BCUT2D eigenvalue weighted by molar-refractivity contribution is 0.0909. The maximum absolute atomic E-state index is 13.8. The van der Waals surface area contributed by atoms with Crippen LogP contribution in [0.3, 0.4) is 0 Å². The number of nitrogens with one attached hydrogen (secondary N) is 1. The van der Waals surface area contributed by atoms with Gasteiger partial charge in [-0.2, -0.15) is 0 Å². The van der Waals surface area contributed by atoms with E-state index >= 15 is 0 Å². The van der Waals surface area contributed by atoms with E-state index in [-0.39, 0.29) is 30.0 Å². The molecule has 5 heteroatoms. The van der Waals surface area contributed by atoms with E-state index in [0.717, 1.165) is 25.3 Å². The predicted molar refractivity (Wildman–Crippen MR) is 77.4 cm³/mol. The van der Waals surface area contributed by atoms with Crippen LogP contribution < -0.4 is 10.1 Å². The summed E-state index contributed by atoms with van der Waals surface area (Å²) in [4.78, 5) is 15.9. The van der Waals surface area contributed by atoms with Gasteiger partial charge in [0.1, 0.15) is 0 Å². The van der Waals surface area contributed by atoms with Crippen LogP contribution in [0.25, 0.3) is 0 Å². The minimum atomic E-state index is -0.686. The van der Waals surface area contributed by atoms with Gasteiger partial charge in [0.15, 0.2) is 12.4 Å². The second-order valence-corrected chi connectivity index (χ2v) is 5.35. The Hall–Kier alpha value is -2.09. The maximum atomic E-state index is 13.8. The lowest BCUT2D eigenvalue weighted by atomic mass is 9.86. The molecule has 1 aromatic heterocycles. The molecule has 1 N–H and O–H groups in total. The number of ether oxygens (including phenoxy) is 1. The Morgan fingerprint density at radius 2 is 2.33 bits per heavy atom. The normalized spacial score (nSPS) is 21.4. The molecule has 1 saturated carbocycles. The van der Waals surface area contributed by atoms with Crippen molar-refractivity contribution in [1.82, 2.24) is 10.3 Å². The van der Waals surface area contributed by atoms with Crippen molar-refractivity contribution in [2.75, 3.05) is 6.61 Å². The van der Waals surface area contributed by atoms with E-state index in [1.165, 1.54) is 12.6 Å². The maximum Gasteiger partial charge on any atom is 0.253 e. The molecule has 112 valence electrons. The van der Waals surface area contributed by atoms with Gasteiger partial charge in [0, 0.05) is 12.2 Å². The standard InChI is InChI=1S/C16H19FN2O2/c1-3-8-21-16-13(17)9-12(10-18-16)15(20)19-14-7-5-4-6-11(14)2/h1,9-11,14H,4-8H2,2H3,(H,19,20). The summed E-state index contributed by atoms with van der Waals surface area (Å²) in [5, 5.41) is 2.96. The molecule has 1 aliphatic rings. The van der Waals surface area contributed by atoms with Crippen molar-refractivity contribution in [2.45, 2.75) is 38.6 Å². The van der Waals surface area contributed by atoms with Crippen molar-refractivity contribution in [3.05, 3.63) is 23.6 Å². The lowest BCUT2D eigenvalue weighted by Crippen LogP contribution is -2.41. The van der Waals surface area contributed by atoms with Crippen molar-refractivity contribution in [3.8, 4) is 18.2 Å². The molecular formula is C16H19FN2O2. The van der Waals surface area contributed by atoms with Crippen LogP contribution in [-0.2, 0) is 0 Å². The number of aromatic nitrogens is 1. The minimum Gasteiger partial charge on any atom is -0.462 e. The number of nitrogens with zero attached hydrogens (tertiary/aromatic N) is 1. The Labute approximate surface area is 124 Å². The number of rotatable bonds is 4. The van der Waals surface area contributed by atoms with Gasteiger partial charge in [0.2, 0.25) is 0 Å². The number of carbonyl (C=O) groups is 1. The largest absolute Gasteiger partial charge is 0.462 e. The highest BCUT2D eigenvalue weighted by molar-refractivity contribution is 5.94. The SMILES string of the molecule is C#CCOc1ncc(C(=O)NC2CCCCC2C)cc1F. The Balaban J connectivity index is 2.02. The second-order valence-electron chi connectivity index (χ2n) is 5.35. The first kappa shape index (κ1) is 15.3. The van der Waals surface area contributed by atoms with Gasteiger partial charge in [0.05, 0.1) is 5.56 Å². The van der Waals surface area contributed by atoms with E-state index < -0.39 is 5.82 Å². The summed E-state index contributed by atoms with van der Waals surface area (Å²) in [7, 11) is 0. The average Bonchev–Trinajstić information content (AvgIpc) is 2.48. The molecular weight excluding hydrogens is 271 g/mol. The summed E-state index contributed by atoms with van der Waals surface area (Å²) in [5.74, 6) is 1.50. The Bertz CT molecular complexity index is 554. The molecule has 2 rings (SSSR count). The molecule has 0 aliphatic heterocycles. The van der Waals surface area contributed by atoms with Crippen LogP contribution in [0.2, 0.25) is 0 Å². The Kier molecular flexibility index (Phi) is 5.15. The van der Waals surface area contributed by atoms with Gasteiger partial charge in [-0.1, -0.05) is 25.7 Å². The number of halogens is 1. The van der Waals surface area contributed by atoms with E-state index in [1.54, 1.807) is 0 Å². The third kappa shape index (κ3) is 3.94. The highest BCUT2D eigenvalue weighted by Gasteiger charge is 2.23. The fraction of sp³-hybridized carbons (Fsp3) is 0.500. The third-order valence-corrected chi connectivity index (χ3v) is 3.79. The summed E-state index contributed by atoms with van der Waals surface area (Å²) in [5.41, 5.74) is 0.193. The first-order valence-corrected chi connectivity index (χ1v) is 7.14. The van der Waals surface area contributed by atoms with E-state index in [2.05, 4.69) is 23.1 Å². The van der Waals surface area contributed by atoms with Gasteiger partial charge in [-0.25, -0.2) is 9.37 Å². The first-order valence-electron chi connectivity index (χ1n) is 7.14. The van der Waals surface area contributed by atoms with Crippen molar-refractivity contribution < 1.29 is 13.9 Å². The molecule has 0 bridgehead atoms. The third-order valence-electron chi connectivity index (χ3n) is 3.79. The van der Waals surface area contributed by atoms with Crippen LogP contribution >= 0.6 is 0 Å². The molecule has 21 heavy (non-hydrogen) atoms. The minimum absolute atomic E-state index is 0.0605. The fourth-order valence-electron chi connectivity index (χ4n) is 2.55. The molecule has 1 heterocycles. The van der Waals surface area contributed by atoms with Crippen molar-refractivity contribution in [3.63, 3.8) is 0 Å². The van der Waals surface area contributed by atoms with E-state index in [0.29, 0.717) is 5.92 Å². The second kappa shape index (κ2) is 7.07. The number of carbonyl (C=O) groups excluding carboxylic acids is 1. The summed E-state index contributed by atoms with van der Waals surface area (Å²) in [6.45, 7) is 2.06. The van der Waals surface area contributed by atoms with Gasteiger partial charge in [-0.05, 0) is 24.8 Å². The highest BCUT2D eigenvalue weighted by atomic mass is 19.1. The molecule has 1 fully saturated rings. The zero-order valence-corrected chi connectivity index (χ0v) is 12.1.